The molecule has 1 aromatic carbocycles. The number of phenols is 1. The Bertz CT molecular complexity index is 744. The summed E-state index contributed by atoms with van der Waals surface area (Å²) in [6, 6.07) is 3.61. The van der Waals surface area contributed by atoms with Crippen molar-refractivity contribution in [3.05, 3.63) is 28.8 Å². The maximum absolute atomic E-state index is 12.8. The van der Waals surface area contributed by atoms with Crippen LogP contribution in [0.4, 0.5) is 0 Å². The van der Waals surface area contributed by atoms with Crippen LogP contribution in [0.5, 0.6) is 5.75 Å². The van der Waals surface area contributed by atoms with Crippen LogP contribution in [-0.4, -0.2) is 49.9 Å². The molecule has 0 aliphatic carbocycles. The van der Waals surface area contributed by atoms with E-state index in [4.69, 9.17) is 16.7 Å². The van der Waals surface area contributed by atoms with Crippen LogP contribution in [0.15, 0.2) is 18.2 Å². The van der Waals surface area contributed by atoms with Gasteiger partial charge in [0.25, 0.3) is 0 Å². The van der Waals surface area contributed by atoms with Crippen LogP contribution >= 0.6 is 23.4 Å². The summed E-state index contributed by atoms with van der Waals surface area (Å²) < 4.78 is 0. The molecule has 0 radical (unpaired) electrons. The Morgan fingerprint density at radius 2 is 1.66 bits per heavy atom. The number of unbranched alkanes of at least 4 members (excludes halogenated alkanes) is 5. The average molecular weight is 444 g/mol. The van der Waals surface area contributed by atoms with E-state index < -0.39 is 23.4 Å². The molecular formula is C20H26ClNO6S. The summed E-state index contributed by atoms with van der Waals surface area (Å²) in [5.74, 6) is -1.86. The number of aliphatic carboxylic acids is 2. The molecule has 0 aromatic heterocycles. The van der Waals surface area contributed by atoms with E-state index in [2.05, 4.69) is 0 Å². The van der Waals surface area contributed by atoms with Gasteiger partial charge in [0.15, 0.2) is 0 Å². The van der Waals surface area contributed by atoms with Gasteiger partial charge in [0.1, 0.15) is 17.2 Å². The maximum atomic E-state index is 12.8. The minimum atomic E-state index is -1.06. The molecule has 0 bridgehead atoms. The minimum Gasteiger partial charge on any atom is -0.508 e. The molecule has 3 N–H and O–H groups in total. The van der Waals surface area contributed by atoms with E-state index in [0.29, 0.717) is 23.4 Å². The van der Waals surface area contributed by atoms with E-state index in [1.807, 2.05) is 0 Å². The van der Waals surface area contributed by atoms with Crippen molar-refractivity contribution in [1.82, 2.24) is 4.90 Å². The first-order valence-electron chi connectivity index (χ1n) is 9.67. The lowest BCUT2D eigenvalue weighted by Gasteiger charge is -2.28. The zero-order chi connectivity index (χ0) is 21.4. The number of carbonyl (C=O) groups is 3. The highest BCUT2D eigenvalue weighted by Crippen LogP contribution is 2.45. The van der Waals surface area contributed by atoms with Gasteiger partial charge in [-0.05, 0) is 31.0 Å². The van der Waals surface area contributed by atoms with Gasteiger partial charge in [-0.2, -0.15) is 0 Å². The summed E-state index contributed by atoms with van der Waals surface area (Å²) >= 11 is 7.32. The molecule has 0 spiro atoms. The summed E-state index contributed by atoms with van der Waals surface area (Å²) in [4.78, 5) is 36.3. The lowest BCUT2D eigenvalue weighted by Crippen LogP contribution is -2.42. The van der Waals surface area contributed by atoms with Crippen molar-refractivity contribution in [2.45, 2.75) is 62.8 Å². The molecule has 1 amide bonds. The predicted octanol–water partition coefficient (Wildman–Crippen LogP) is 4.28. The first-order valence-corrected chi connectivity index (χ1v) is 11.1. The number of benzene rings is 1. The fraction of sp³-hybridized carbons (Fsp3) is 0.550. The normalized spacial score (nSPS) is 18.7. The molecule has 2 rings (SSSR count). The second-order valence-electron chi connectivity index (χ2n) is 7.06. The minimum absolute atomic E-state index is 0.0166. The van der Waals surface area contributed by atoms with Crippen LogP contribution < -0.4 is 0 Å². The highest BCUT2D eigenvalue weighted by molar-refractivity contribution is 7.99. The van der Waals surface area contributed by atoms with E-state index in [9.17, 15) is 24.6 Å². The summed E-state index contributed by atoms with van der Waals surface area (Å²) in [5.41, 5.74) is 0.443. The SMILES string of the molecule is O=C(O)CCCCCCCCC(=O)N1C(c2cc(Cl)ccc2O)SC[C@H]1C(=O)O. The third-order valence-electron chi connectivity index (χ3n) is 4.86. The third kappa shape index (κ3) is 6.82. The van der Waals surface area contributed by atoms with Crippen LogP contribution in [-0.2, 0) is 14.4 Å². The fourth-order valence-electron chi connectivity index (χ4n) is 3.35. The second-order valence-corrected chi connectivity index (χ2v) is 8.61. The summed E-state index contributed by atoms with van der Waals surface area (Å²) in [6.07, 6.45) is 5.20. The molecule has 9 heteroatoms. The molecule has 1 aliphatic rings. The van der Waals surface area contributed by atoms with Crippen molar-refractivity contribution in [2.24, 2.45) is 0 Å². The number of halogens is 1. The number of rotatable bonds is 11. The van der Waals surface area contributed by atoms with Gasteiger partial charge in [-0.15, -0.1) is 11.8 Å². The zero-order valence-corrected chi connectivity index (χ0v) is 17.6. The van der Waals surface area contributed by atoms with Crippen molar-refractivity contribution in [3.63, 3.8) is 0 Å². The number of thioether (sulfide) groups is 1. The van der Waals surface area contributed by atoms with Gasteiger partial charge in [-0.1, -0.05) is 37.3 Å². The Morgan fingerprint density at radius 3 is 2.28 bits per heavy atom. The lowest BCUT2D eigenvalue weighted by molar-refractivity contribution is -0.149. The second kappa shape index (κ2) is 11.3. The summed E-state index contributed by atoms with van der Waals surface area (Å²) in [5, 5.41) is 28.1. The number of carbonyl (C=O) groups excluding carboxylic acids is 1. The Morgan fingerprint density at radius 1 is 1.03 bits per heavy atom. The molecule has 1 saturated heterocycles. The topological polar surface area (TPSA) is 115 Å². The number of carboxylic acids is 2. The van der Waals surface area contributed by atoms with Gasteiger partial charge in [-0.25, -0.2) is 4.79 Å². The van der Waals surface area contributed by atoms with Crippen molar-refractivity contribution < 1.29 is 29.7 Å². The largest absolute Gasteiger partial charge is 0.508 e. The van der Waals surface area contributed by atoms with Gasteiger partial charge in [0.05, 0.1) is 0 Å². The first kappa shape index (κ1) is 23.3. The molecule has 2 atom stereocenters. The van der Waals surface area contributed by atoms with E-state index in [-0.39, 0.29) is 30.3 Å². The van der Waals surface area contributed by atoms with Crippen molar-refractivity contribution in [3.8, 4) is 5.75 Å². The van der Waals surface area contributed by atoms with E-state index >= 15 is 0 Å². The van der Waals surface area contributed by atoms with Gasteiger partial charge < -0.3 is 20.2 Å². The van der Waals surface area contributed by atoms with Crippen molar-refractivity contribution >= 4 is 41.2 Å². The number of hydrogen-bond acceptors (Lipinski definition) is 5. The van der Waals surface area contributed by atoms with Crippen LogP contribution in [0.1, 0.15) is 62.3 Å². The molecule has 1 heterocycles. The maximum Gasteiger partial charge on any atom is 0.327 e. The predicted molar refractivity (Wildman–Crippen MR) is 111 cm³/mol. The molecule has 1 aliphatic heterocycles. The summed E-state index contributed by atoms with van der Waals surface area (Å²) in [7, 11) is 0. The number of aromatic hydroxyl groups is 1. The van der Waals surface area contributed by atoms with E-state index in [0.717, 1.165) is 25.7 Å². The monoisotopic (exact) mass is 443 g/mol. The highest BCUT2D eigenvalue weighted by atomic mass is 35.5. The Balaban J connectivity index is 1.91. The molecular weight excluding hydrogens is 418 g/mol. The Labute approximate surface area is 179 Å². The Hall–Kier alpha value is -1.93. The standard InChI is InChI=1S/C20H26ClNO6S/c21-13-9-10-16(23)14(11-13)19-22(15(12-29-19)20(27)28)17(24)7-5-3-1-2-4-6-8-18(25)26/h9-11,15,19,23H,1-8,12H2,(H,25,26)(H,27,28)/t15-,19?/m0/s1. The van der Waals surface area contributed by atoms with Gasteiger partial charge in [-0.3, -0.25) is 9.59 Å². The molecule has 1 fully saturated rings. The van der Waals surface area contributed by atoms with E-state index in [1.54, 1.807) is 6.07 Å². The number of carboxylic acid groups (broad SMARTS) is 2. The van der Waals surface area contributed by atoms with Crippen LogP contribution in [0, 0.1) is 0 Å². The first-order chi connectivity index (χ1) is 13.8. The molecule has 160 valence electrons. The van der Waals surface area contributed by atoms with Gasteiger partial charge >= 0.3 is 11.9 Å². The zero-order valence-electron chi connectivity index (χ0n) is 16.1. The van der Waals surface area contributed by atoms with Gasteiger partial charge in [0, 0.05) is 29.2 Å². The molecule has 0 saturated carbocycles. The number of phenolic OH excluding ortho intramolecular Hbond substituents is 1. The highest BCUT2D eigenvalue weighted by Gasteiger charge is 2.42. The fourth-order valence-corrected chi connectivity index (χ4v) is 4.99. The number of hydrogen-bond donors (Lipinski definition) is 3. The molecule has 1 aromatic rings. The Kier molecular flexibility index (Phi) is 9.10. The van der Waals surface area contributed by atoms with E-state index in [1.165, 1.54) is 28.8 Å². The van der Waals surface area contributed by atoms with Crippen molar-refractivity contribution in [1.29, 1.82) is 0 Å². The summed E-state index contributed by atoms with van der Waals surface area (Å²) in [6.45, 7) is 0. The lowest BCUT2D eigenvalue weighted by atomic mass is 10.1. The quantitative estimate of drug-likeness (QED) is 0.437. The molecule has 7 nitrogen and oxygen atoms in total. The third-order valence-corrected chi connectivity index (χ3v) is 6.40. The average Bonchev–Trinajstić information content (AvgIpc) is 3.10. The van der Waals surface area contributed by atoms with Crippen molar-refractivity contribution in [2.75, 3.05) is 5.75 Å². The van der Waals surface area contributed by atoms with Gasteiger partial charge in [0.2, 0.25) is 5.91 Å². The smallest absolute Gasteiger partial charge is 0.327 e. The van der Waals surface area contributed by atoms with Crippen LogP contribution in [0.25, 0.3) is 0 Å². The molecule has 29 heavy (non-hydrogen) atoms. The van der Waals surface area contributed by atoms with Crippen LogP contribution in [0.3, 0.4) is 0 Å². The molecule has 1 unspecified atom stereocenters. The number of amides is 1. The number of nitrogens with zero attached hydrogens (tertiary/aromatic N) is 1. The van der Waals surface area contributed by atoms with Crippen LogP contribution in [0.2, 0.25) is 5.02 Å².